The molecule has 0 spiro atoms. The van der Waals surface area contributed by atoms with E-state index in [0.29, 0.717) is 12.2 Å². The number of hydrogen-bond donors (Lipinski definition) is 2. The van der Waals surface area contributed by atoms with E-state index in [1.807, 2.05) is 6.07 Å². The average molecular weight is 216 g/mol. The van der Waals surface area contributed by atoms with Crippen molar-refractivity contribution in [1.29, 1.82) is 0 Å². The van der Waals surface area contributed by atoms with E-state index in [0.717, 1.165) is 5.56 Å². The molecule has 84 valence electrons. The smallest absolute Gasteiger partial charge is 0.231 e. The van der Waals surface area contributed by atoms with E-state index in [2.05, 4.69) is 11.2 Å². The van der Waals surface area contributed by atoms with Crippen LogP contribution < -0.4 is 11.1 Å². The molecule has 3 N–H and O–H groups in total. The molecule has 0 atom stereocenters. The van der Waals surface area contributed by atoms with Gasteiger partial charge in [-0.3, -0.25) is 4.79 Å². The molecule has 1 aromatic carbocycles. The number of carbonyl (C=O) groups is 1. The maximum absolute atomic E-state index is 11.8. The lowest BCUT2D eigenvalue weighted by Crippen LogP contribution is -2.37. The normalized spacial score (nSPS) is 10.6. The van der Waals surface area contributed by atoms with Crippen molar-refractivity contribution in [3.63, 3.8) is 0 Å². The van der Waals surface area contributed by atoms with Crippen molar-refractivity contribution in [2.45, 2.75) is 13.8 Å². The Labute approximate surface area is 96.0 Å². The monoisotopic (exact) mass is 216 g/mol. The van der Waals surface area contributed by atoms with Gasteiger partial charge in [-0.2, -0.15) is 0 Å². The number of benzene rings is 1. The molecular weight excluding hydrogens is 200 g/mol. The molecule has 0 aromatic heterocycles. The van der Waals surface area contributed by atoms with Crippen LogP contribution in [-0.2, 0) is 4.79 Å². The van der Waals surface area contributed by atoms with Crippen LogP contribution in [0.3, 0.4) is 0 Å². The van der Waals surface area contributed by atoms with Gasteiger partial charge < -0.3 is 11.1 Å². The molecule has 0 fully saturated rings. The number of terminal acetylenes is 1. The lowest BCUT2D eigenvalue weighted by atomic mass is 9.92. The number of carbonyl (C=O) groups excluding carboxylic acids is 1. The summed E-state index contributed by atoms with van der Waals surface area (Å²) >= 11 is 0. The fraction of sp³-hybridized carbons (Fsp3) is 0.308. The van der Waals surface area contributed by atoms with E-state index < -0.39 is 5.41 Å². The summed E-state index contributed by atoms with van der Waals surface area (Å²) in [4.78, 5) is 11.8. The molecule has 0 unspecified atom stereocenters. The third-order valence-electron chi connectivity index (χ3n) is 2.41. The van der Waals surface area contributed by atoms with Gasteiger partial charge in [0, 0.05) is 17.8 Å². The molecule has 0 bridgehead atoms. The fourth-order valence-electron chi connectivity index (χ4n) is 1.08. The predicted molar refractivity (Wildman–Crippen MR) is 65.8 cm³/mol. The maximum atomic E-state index is 11.8. The summed E-state index contributed by atoms with van der Waals surface area (Å²) in [5.74, 6) is 2.41. The van der Waals surface area contributed by atoms with Gasteiger partial charge in [0.05, 0.1) is 5.41 Å². The van der Waals surface area contributed by atoms with Crippen LogP contribution in [0.15, 0.2) is 24.3 Å². The summed E-state index contributed by atoms with van der Waals surface area (Å²) in [7, 11) is 0. The zero-order valence-electron chi connectivity index (χ0n) is 9.58. The molecule has 1 rings (SSSR count). The van der Waals surface area contributed by atoms with E-state index in [1.54, 1.807) is 32.0 Å². The molecule has 0 aliphatic carbocycles. The van der Waals surface area contributed by atoms with Gasteiger partial charge in [-0.1, -0.05) is 12.0 Å². The molecule has 3 heteroatoms. The summed E-state index contributed by atoms with van der Waals surface area (Å²) in [6, 6.07) is 7.17. The van der Waals surface area contributed by atoms with Crippen LogP contribution in [0.25, 0.3) is 0 Å². The van der Waals surface area contributed by atoms with Crippen molar-refractivity contribution >= 4 is 11.6 Å². The van der Waals surface area contributed by atoms with Crippen LogP contribution in [-0.4, -0.2) is 12.5 Å². The minimum Gasteiger partial charge on any atom is -0.329 e. The largest absolute Gasteiger partial charge is 0.329 e. The molecule has 0 heterocycles. The molecule has 1 aromatic rings. The van der Waals surface area contributed by atoms with E-state index in [-0.39, 0.29) is 5.91 Å². The Hall–Kier alpha value is -1.79. The average Bonchev–Trinajstić information content (AvgIpc) is 2.29. The molecule has 16 heavy (non-hydrogen) atoms. The van der Waals surface area contributed by atoms with Crippen LogP contribution in [0.2, 0.25) is 0 Å². The summed E-state index contributed by atoms with van der Waals surface area (Å²) in [5.41, 5.74) is 6.38. The first-order valence-electron chi connectivity index (χ1n) is 5.08. The van der Waals surface area contributed by atoms with Crippen molar-refractivity contribution in [2.75, 3.05) is 11.9 Å². The highest BCUT2D eigenvalue weighted by atomic mass is 16.2. The summed E-state index contributed by atoms with van der Waals surface area (Å²) in [6.07, 6.45) is 5.28. The Morgan fingerprint density at radius 1 is 1.56 bits per heavy atom. The van der Waals surface area contributed by atoms with Gasteiger partial charge in [-0.25, -0.2) is 0 Å². The van der Waals surface area contributed by atoms with Crippen molar-refractivity contribution in [1.82, 2.24) is 0 Å². The van der Waals surface area contributed by atoms with Crippen molar-refractivity contribution in [3.8, 4) is 12.3 Å². The number of anilines is 1. The second kappa shape index (κ2) is 4.82. The Bertz CT molecular complexity index is 430. The highest BCUT2D eigenvalue weighted by molar-refractivity contribution is 5.95. The quantitative estimate of drug-likeness (QED) is 0.754. The first-order valence-corrected chi connectivity index (χ1v) is 5.08. The zero-order valence-corrected chi connectivity index (χ0v) is 9.58. The Morgan fingerprint density at radius 3 is 2.81 bits per heavy atom. The summed E-state index contributed by atoms with van der Waals surface area (Å²) in [5, 5.41) is 2.79. The van der Waals surface area contributed by atoms with Gasteiger partial charge >= 0.3 is 0 Å². The molecule has 1 amide bonds. The third kappa shape index (κ3) is 2.85. The van der Waals surface area contributed by atoms with E-state index in [4.69, 9.17) is 12.2 Å². The molecule has 0 aliphatic rings. The highest BCUT2D eigenvalue weighted by Crippen LogP contribution is 2.17. The van der Waals surface area contributed by atoms with Crippen LogP contribution in [0.1, 0.15) is 19.4 Å². The van der Waals surface area contributed by atoms with Crippen molar-refractivity contribution in [2.24, 2.45) is 11.1 Å². The van der Waals surface area contributed by atoms with Gasteiger partial charge in [-0.05, 0) is 32.0 Å². The Kier molecular flexibility index (Phi) is 3.70. The molecule has 0 radical (unpaired) electrons. The van der Waals surface area contributed by atoms with E-state index >= 15 is 0 Å². The van der Waals surface area contributed by atoms with Gasteiger partial charge in [-0.15, -0.1) is 6.42 Å². The lowest BCUT2D eigenvalue weighted by molar-refractivity contribution is -0.123. The molecule has 3 nitrogen and oxygen atoms in total. The maximum Gasteiger partial charge on any atom is 0.231 e. The van der Waals surface area contributed by atoms with Crippen LogP contribution in [0.4, 0.5) is 5.69 Å². The third-order valence-corrected chi connectivity index (χ3v) is 2.41. The van der Waals surface area contributed by atoms with Crippen molar-refractivity contribution < 1.29 is 4.79 Å². The molecule has 0 saturated heterocycles. The minimum atomic E-state index is -0.577. The molecule has 0 saturated carbocycles. The summed E-state index contributed by atoms with van der Waals surface area (Å²) in [6.45, 7) is 3.90. The van der Waals surface area contributed by atoms with E-state index in [1.165, 1.54) is 0 Å². The Balaban J connectivity index is 2.82. The fourth-order valence-corrected chi connectivity index (χ4v) is 1.08. The molecule has 0 aliphatic heterocycles. The second-order valence-corrected chi connectivity index (χ2v) is 4.27. The van der Waals surface area contributed by atoms with Crippen molar-refractivity contribution in [3.05, 3.63) is 29.8 Å². The minimum absolute atomic E-state index is 0.107. The van der Waals surface area contributed by atoms with Crippen LogP contribution in [0.5, 0.6) is 0 Å². The van der Waals surface area contributed by atoms with E-state index in [9.17, 15) is 4.79 Å². The van der Waals surface area contributed by atoms with Crippen LogP contribution in [0, 0.1) is 17.8 Å². The first-order chi connectivity index (χ1) is 7.49. The number of nitrogens with two attached hydrogens (primary N) is 1. The zero-order chi connectivity index (χ0) is 12.2. The van der Waals surface area contributed by atoms with Gasteiger partial charge in [0.15, 0.2) is 0 Å². The Morgan fingerprint density at radius 2 is 2.25 bits per heavy atom. The SMILES string of the molecule is C#Cc1cccc(NC(=O)C(C)(C)CN)c1. The number of nitrogens with one attached hydrogen (secondary N) is 1. The standard InChI is InChI=1S/C13H16N2O/c1-4-10-6-5-7-11(8-10)15-12(16)13(2,3)9-14/h1,5-8H,9,14H2,2-3H3,(H,15,16). The topological polar surface area (TPSA) is 55.1 Å². The summed E-state index contributed by atoms with van der Waals surface area (Å²) < 4.78 is 0. The highest BCUT2D eigenvalue weighted by Gasteiger charge is 2.25. The van der Waals surface area contributed by atoms with Gasteiger partial charge in [0.25, 0.3) is 0 Å². The first kappa shape index (κ1) is 12.3. The number of rotatable bonds is 3. The number of hydrogen-bond acceptors (Lipinski definition) is 2. The van der Waals surface area contributed by atoms with Gasteiger partial charge in [0.2, 0.25) is 5.91 Å². The second-order valence-electron chi connectivity index (χ2n) is 4.27. The number of amides is 1. The van der Waals surface area contributed by atoms with Gasteiger partial charge in [0.1, 0.15) is 0 Å². The predicted octanol–water partition coefficient (Wildman–Crippen LogP) is 1.59. The lowest BCUT2D eigenvalue weighted by Gasteiger charge is -2.21. The molecular formula is C13H16N2O. The van der Waals surface area contributed by atoms with Crippen LogP contribution >= 0.6 is 0 Å².